The summed E-state index contributed by atoms with van der Waals surface area (Å²) >= 11 is 3.48. The second-order valence-corrected chi connectivity index (χ2v) is 7.50. The first-order valence-corrected chi connectivity index (χ1v) is 10.4. The Morgan fingerprint density at radius 3 is 2.59 bits per heavy atom. The molecule has 0 bridgehead atoms. The van der Waals surface area contributed by atoms with Crippen molar-refractivity contribution in [1.29, 1.82) is 5.26 Å². The Morgan fingerprint density at radius 2 is 1.91 bits per heavy atom. The molecule has 0 unspecified atom stereocenters. The minimum atomic E-state index is -0.460. The molecule has 162 valence electrons. The predicted molar refractivity (Wildman–Crippen MR) is 123 cm³/mol. The highest BCUT2D eigenvalue weighted by Gasteiger charge is 2.13. The molecule has 8 heteroatoms. The highest BCUT2D eigenvalue weighted by atomic mass is 79.9. The van der Waals surface area contributed by atoms with Gasteiger partial charge in [0.25, 0.3) is 5.69 Å². The summed E-state index contributed by atoms with van der Waals surface area (Å²) in [7, 11) is 0. The number of ether oxygens (including phenoxy) is 2. The molecule has 0 aliphatic heterocycles. The van der Waals surface area contributed by atoms with Gasteiger partial charge in [-0.3, -0.25) is 10.1 Å². The number of hydrogen-bond donors (Lipinski definition) is 0. The number of non-ortho nitro benzene ring substituents is 1. The SMILES string of the molecule is CCOc1cc(/C=C(/C#N)c2cccc(F)c2)c(Br)cc1OCc1cccc([N+](=O)[O-])c1. The first-order chi connectivity index (χ1) is 15.4. The molecule has 0 N–H and O–H groups in total. The molecular formula is C24H18BrFN2O4. The van der Waals surface area contributed by atoms with Crippen LogP contribution in [0.2, 0.25) is 0 Å². The number of rotatable bonds is 8. The van der Waals surface area contributed by atoms with Crippen LogP contribution in [0.25, 0.3) is 11.6 Å². The van der Waals surface area contributed by atoms with Gasteiger partial charge in [-0.05, 0) is 54.0 Å². The van der Waals surface area contributed by atoms with Gasteiger partial charge in [0.05, 0.1) is 23.2 Å². The van der Waals surface area contributed by atoms with Crippen LogP contribution < -0.4 is 9.47 Å². The van der Waals surface area contributed by atoms with E-state index >= 15 is 0 Å². The molecule has 6 nitrogen and oxygen atoms in total. The maximum atomic E-state index is 13.6. The van der Waals surface area contributed by atoms with Crippen molar-refractivity contribution in [3.8, 4) is 17.6 Å². The normalized spacial score (nSPS) is 11.0. The maximum Gasteiger partial charge on any atom is 0.269 e. The first-order valence-electron chi connectivity index (χ1n) is 9.61. The van der Waals surface area contributed by atoms with E-state index in [-0.39, 0.29) is 17.9 Å². The van der Waals surface area contributed by atoms with Crippen molar-refractivity contribution >= 4 is 33.3 Å². The van der Waals surface area contributed by atoms with Gasteiger partial charge in [-0.15, -0.1) is 0 Å². The van der Waals surface area contributed by atoms with Gasteiger partial charge in [0.2, 0.25) is 0 Å². The number of nitro groups is 1. The molecule has 0 heterocycles. The van der Waals surface area contributed by atoms with Crippen molar-refractivity contribution in [3.05, 3.63) is 97.8 Å². The summed E-state index contributed by atoms with van der Waals surface area (Å²) in [5, 5.41) is 20.5. The molecule has 0 radical (unpaired) electrons. The smallest absolute Gasteiger partial charge is 0.269 e. The fourth-order valence-corrected chi connectivity index (χ4v) is 3.39. The number of nitriles is 1. The van der Waals surface area contributed by atoms with Crippen LogP contribution in [-0.4, -0.2) is 11.5 Å². The lowest BCUT2D eigenvalue weighted by Crippen LogP contribution is -2.01. The Hall–Kier alpha value is -3.70. The molecular weight excluding hydrogens is 479 g/mol. The lowest BCUT2D eigenvalue weighted by molar-refractivity contribution is -0.384. The van der Waals surface area contributed by atoms with Crippen LogP contribution in [0, 0.1) is 27.3 Å². The molecule has 0 aliphatic carbocycles. The number of allylic oxidation sites excluding steroid dienone is 1. The van der Waals surface area contributed by atoms with E-state index in [2.05, 4.69) is 22.0 Å². The molecule has 0 saturated carbocycles. The van der Waals surface area contributed by atoms with Crippen molar-refractivity contribution in [1.82, 2.24) is 0 Å². The summed E-state index contributed by atoms with van der Waals surface area (Å²) in [6.07, 6.45) is 1.63. The minimum absolute atomic E-state index is 0.0146. The lowest BCUT2D eigenvalue weighted by atomic mass is 10.0. The Morgan fingerprint density at radius 1 is 1.16 bits per heavy atom. The third kappa shape index (κ3) is 5.71. The lowest BCUT2D eigenvalue weighted by Gasteiger charge is -2.14. The van der Waals surface area contributed by atoms with E-state index in [1.165, 1.54) is 24.3 Å². The van der Waals surface area contributed by atoms with Crippen molar-refractivity contribution in [3.63, 3.8) is 0 Å². The predicted octanol–water partition coefficient (Wildman–Crippen LogP) is 6.54. The molecule has 0 saturated heterocycles. The van der Waals surface area contributed by atoms with Crippen LogP contribution in [0.5, 0.6) is 11.5 Å². The van der Waals surface area contributed by atoms with Crippen LogP contribution >= 0.6 is 15.9 Å². The van der Waals surface area contributed by atoms with E-state index in [4.69, 9.17) is 9.47 Å². The fourth-order valence-electron chi connectivity index (χ4n) is 2.96. The van der Waals surface area contributed by atoms with E-state index in [1.54, 1.807) is 42.5 Å². The Bertz CT molecular complexity index is 1220. The summed E-state index contributed by atoms with van der Waals surface area (Å²) in [5.41, 5.74) is 2.03. The Balaban J connectivity index is 1.91. The van der Waals surface area contributed by atoms with Crippen molar-refractivity contribution in [2.24, 2.45) is 0 Å². The average Bonchev–Trinajstić information content (AvgIpc) is 2.78. The molecule has 0 amide bonds. The minimum Gasteiger partial charge on any atom is -0.490 e. The summed E-state index contributed by atoms with van der Waals surface area (Å²) in [6.45, 7) is 2.32. The summed E-state index contributed by atoms with van der Waals surface area (Å²) in [6, 6.07) is 17.5. The van der Waals surface area contributed by atoms with Crippen molar-refractivity contribution in [2.75, 3.05) is 6.61 Å². The van der Waals surface area contributed by atoms with Gasteiger partial charge in [0.15, 0.2) is 11.5 Å². The van der Waals surface area contributed by atoms with Gasteiger partial charge in [0, 0.05) is 16.6 Å². The van der Waals surface area contributed by atoms with E-state index in [1.807, 2.05) is 6.92 Å². The number of halogens is 2. The van der Waals surface area contributed by atoms with Crippen molar-refractivity contribution < 1.29 is 18.8 Å². The molecule has 0 aliphatic rings. The Kier molecular flexibility index (Phi) is 7.58. The van der Waals surface area contributed by atoms with Gasteiger partial charge in [0.1, 0.15) is 12.4 Å². The molecule has 0 spiro atoms. The van der Waals surface area contributed by atoms with Crippen LogP contribution in [0.3, 0.4) is 0 Å². The quantitative estimate of drug-likeness (QED) is 0.153. The monoisotopic (exact) mass is 496 g/mol. The zero-order valence-electron chi connectivity index (χ0n) is 17.0. The maximum absolute atomic E-state index is 13.6. The van der Waals surface area contributed by atoms with Crippen LogP contribution in [0.1, 0.15) is 23.6 Å². The van der Waals surface area contributed by atoms with Gasteiger partial charge in [-0.25, -0.2) is 4.39 Å². The highest BCUT2D eigenvalue weighted by molar-refractivity contribution is 9.10. The van der Waals surface area contributed by atoms with Crippen molar-refractivity contribution in [2.45, 2.75) is 13.5 Å². The third-order valence-corrected chi connectivity index (χ3v) is 5.12. The number of benzene rings is 3. The molecule has 0 aromatic heterocycles. The third-order valence-electron chi connectivity index (χ3n) is 4.43. The summed E-state index contributed by atoms with van der Waals surface area (Å²) in [5.74, 6) is 0.457. The van der Waals surface area contributed by atoms with E-state index in [0.717, 1.165) is 0 Å². The van der Waals surface area contributed by atoms with Crippen LogP contribution in [0.15, 0.2) is 65.1 Å². The van der Waals surface area contributed by atoms with E-state index in [0.29, 0.717) is 39.3 Å². The van der Waals surface area contributed by atoms with Gasteiger partial charge in [-0.1, -0.05) is 40.2 Å². The molecule has 0 fully saturated rings. The Labute approximate surface area is 192 Å². The van der Waals surface area contributed by atoms with Gasteiger partial charge in [-0.2, -0.15) is 5.26 Å². The molecule has 3 rings (SSSR count). The standard InChI is InChI=1S/C24H18BrFN2O4/c1-2-31-23-12-18(10-19(14-27)17-6-4-7-20(26)11-17)22(25)13-24(23)32-15-16-5-3-8-21(9-16)28(29)30/h3-13H,2,15H2,1H3/b19-10-. The topological polar surface area (TPSA) is 85.4 Å². The zero-order valence-corrected chi connectivity index (χ0v) is 18.6. The molecule has 3 aromatic rings. The average molecular weight is 497 g/mol. The zero-order chi connectivity index (χ0) is 23.1. The van der Waals surface area contributed by atoms with Gasteiger partial charge >= 0.3 is 0 Å². The molecule has 3 aromatic carbocycles. The number of nitrogens with zero attached hydrogens (tertiary/aromatic N) is 2. The van der Waals surface area contributed by atoms with Crippen LogP contribution in [-0.2, 0) is 6.61 Å². The second kappa shape index (κ2) is 10.6. The highest BCUT2D eigenvalue weighted by Crippen LogP contribution is 2.36. The molecule has 32 heavy (non-hydrogen) atoms. The second-order valence-electron chi connectivity index (χ2n) is 6.65. The number of hydrogen-bond acceptors (Lipinski definition) is 5. The largest absolute Gasteiger partial charge is 0.490 e. The van der Waals surface area contributed by atoms with E-state index in [9.17, 15) is 19.8 Å². The summed E-state index contributed by atoms with van der Waals surface area (Å²) in [4.78, 5) is 10.5. The van der Waals surface area contributed by atoms with Gasteiger partial charge < -0.3 is 9.47 Å². The first kappa shape index (κ1) is 23.0. The number of nitro benzene ring substituents is 1. The van der Waals surface area contributed by atoms with E-state index < -0.39 is 10.7 Å². The van der Waals surface area contributed by atoms with Crippen LogP contribution in [0.4, 0.5) is 10.1 Å². The fraction of sp³-hybridized carbons (Fsp3) is 0.125. The summed E-state index contributed by atoms with van der Waals surface area (Å²) < 4.78 is 25.8. The molecule has 0 atom stereocenters.